The van der Waals surface area contributed by atoms with Crippen molar-refractivity contribution in [1.82, 2.24) is 0 Å². The van der Waals surface area contributed by atoms with Gasteiger partial charge in [0.15, 0.2) is 20.2 Å². The highest BCUT2D eigenvalue weighted by Crippen LogP contribution is 2.44. The molecule has 0 spiro atoms. The van der Waals surface area contributed by atoms with Crippen LogP contribution < -0.4 is 4.74 Å². The third kappa shape index (κ3) is 15.5. The largest absolute Gasteiger partial charge is 0.743 e. The molecule has 0 saturated carbocycles. The van der Waals surface area contributed by atoms with Crippen molar-refractivity contribution in [2.45, 2.75) is 99.3 Å². The first-order chi connectivity index (χ1) is 31.5. The number of rotatable bonds is 23. The van der Waals surface area contributed by atoms with Gasteiger partial charge in [0.2, 0.25) is 0 Å². The van der Waals surface area contributed by atoms with E-state index in [0.717, 1.165) is 26.0 Å². The van der Waals surface area contributed by atoms with Gasteiger partial charge in [0.1, 0.15) is 12.4 Å². The average molecular weight is 1080 g/mol. The predicted molar refractivity (Wildman–Crippen MR) is 202 cm³/mol. The molecule has 0 amide bonds. The Bertz CT molecular complexity index is 2410. The van der Waals surface area contributed by atoms with Crippen molar-refractivity contribution in [2.75, 3.05) is 13.2 Å². The molecule has 0 fully saturated rings. The van der Waals surface area contributed by atoms with Crippen LogP contribution in [0.15, 0.2) is 78.9 Å². The lowest BCUT2D eigenvalue weighted by Gasteiger charge is -2.33. The van der Waals surface area contributed by atoms with E-state index in [2.05, 4.69) is 41.6 Å². The molecular weight excluding hydrogens is 1040 g/mol. The second kappa shape index (κ2) is 23.2. The van der Waals surface area contributed by atoms with Crippen molar-refractivity contribution in [3.8, 4) is 5.75 Å². The van der Waals surface area contributed by atoms with Gasteiger partial charge in [-0.05, 0) is 51.3 Å². The third-order valence-electron chi connectivity index (χ3n) is 8.26. The molecule has 2 aromatic rings. The molecule has 0 N–H and O–H groups in total. The number of carbonyl (C=O) groups excluding carboxylic acids is 4. The lowest BCUT2D eigenvalue weighted by Crippen LogP contribution is -2.59. The van der Waals surface area contributed by atoms with Gasteiger partial charge in [0, 0.05) is 24.0 Å². The summed E-state index contributed by atoms with van der Waals surface area (Å²) in [6, 6.07) is 12.0. The van der Waals surface area contributed by atoms with Crippen molar-refractivity contribution >= 4 is 44.1 Å². The molecule has 2 rings (SSSR count). The summed E-state index contributed by atoms with van der Waals surface area (Å²) in [4.78, 5) is 48.4. The Balaban J connectivity index is 0.000000700. The average Bonchev–Trinajstić information content (AvgIpc) is 3.21. The molecule has 0 aliphatic carbocycles. The number of hydrogen-bond donors (Lipinski definition) is 0. The molecule has 2 atom stereocenters. The van der Waals surface area contributed by atoms with Gasteiger partial charge in [-0.3, -0.25) is 0 Å². The van der Waals surface area contributed by atoms with Crippen LogP contribution in [0.1, 0.15) is 50.7 Å². The van der Waals surface area contributed by atoms with Gasteiger partial charge in [-0.2, -0.15) is 61.5 Å². The number of carbonyl (C=O) groups is 4. The van der Waals surface area contributed by atoms with Crippen LogP contribution in [0.4, 0.5) is 61.5 Å². The smallest absolute Gasteiger partial charge is 0.468 e. The summed E-state index contributed by atoms with van der Waals surface area (Å²) in [5.41, 5.74) is -0.458. The third-order valence-corrected chi connectivity index (χ3v) is 10.1. The van der Waals surface area contributed by atoms with Crippen LogP contribution >= 0.6 is 0 Å². The first-order valence-electron chi connectivity index (χ1n) is 18.6. The van der Waals surface area contributed by atoms with Crippen LogP contribution in [-0.2, 0) is 69.7 Å². The number of esters is 4. The fourth-order valence-electron chi connectivity index (χ4n) is 4.48. The van der Waals surface area contributed by atoms with E-state index in [0.29, 0.717) is 5.56 Å². The Morgan fingerprint density at radius 1 is 0.571 bits per heavy atom. The molecular formula is C38H36F14O16S2-2. The van der Waals surface area contributed by atoms with E-state index >= 15 is 0 Å². The van der Waals surface area contributed by atoms with Gasteiger partial charge in [-0.15, -0.1) is 0 Å². The van der Waals surface area contributed by atoms with Crippen LogP contribution in [-0.4, -0.2) is 109 Å². The van der Waals surface area contributed by atoms with Gasteiger partial charge in [-0.25, -0.2) is 36.0 Å². The van der Waals surface area contributed by atoms with E-state index in [9.17, 15) is 107 Å². The number of hydrogen-bond acceptors (Lipinski definition) is 16. The number of ether oxygens (including phenoxy) is 6. The summed E-state index contributed by atoms with van der Waals surface area (Å²) in [7, 11) is -13.7. The molecule has 32 heteroatoms. The molecule has 0 aliphatic heterocycles. The number of halogens is 14. The second-order valence-electron chi connectivity index (χ2n) is 14.1. The Kier molecular flexibility index (Phi) is 20.7. The van der Waals surface area contributed by atoms with Crippen LogP contribution in [0.5, 0.6) is 5.75 Å². The van der Waals surface area contributed by atoms with E-state index in [4.69, 9.17) is 0 Å². The van der Waals surface area contributed by atoms with Crippen molar-refractivity contribution in [1.29, 1.82) is 0 Å². The lowest BCUT2D eigenvalue weighted by molar-refractivity contribution is -0.355. The van der Waals surface area contributed by atoms with E-state index in [1.807, 2.05) is 0 Å². The Labute approximate surface area is 387 Å². The van der Waals surface area contributed by atoms with E-state index in [1.165, 1.54) is 36.4 Å². The Morgan fingerprint density at radius 3 is 1.26 bits per heavy atom. The summed E-state index contributed by atoms with van der Waals surface area (Å²) in [5.74, 6) is -28.8. The van der Waals surface area contributed by atoms with Gasteiger partial charge < -0.3 is 37.5 Å². The standard InChI is InChI=1S/2C19H19F7O8S/c1-11(2)14(27)34-17(18(22,23)24,15(28)33-13-7-5-12(3)6-8-13)32-10-4-9-16(20,21)19(25,26)35(29,30)31;1-12(2)14(27)34-17(18(22,23)24,15(28)32-11-13-7-4-3-5-8-13)33-10-6-9-16(20,21)19(25,26)35(29,30)31/h5-8H,1,4,9-10H2,2-3H3,(H,29,30,31);3-5,7-8H,1,6,9-11H2,2H3,(H,29,30,31)/p-2. The van der Waals surface area contributed by atoms with Crippen LogP contribution in [0.25, 0.3) is 0 Å². The molecule has 70 heavy (non-hydrogen) atoms. The molecule has 0 aromatic heterocycles. The number of alkyl halides is 14. The quantitative estimate of drug-likeness (QED) is 0.0153. The normalized spacial score (nSPS) is 14.7. The lowest BCUT2D eigenvalue weighted by atomic mass is 10.2. The maximum Gasteiger partial charge on any atom is 0.468 e. The molecule has 396 valence electrons. The molecule has 0 saturated heterocycles. The zero-order valence-corrected chi connectivity index (χ0v) is 37.3. The molecule has 2 unspecified atom stereocenters. The van der Waals surface area contributed by atoms with Gasteiger partial charge in [0.05, 0.1) is 13.2 Å². The topological polar surface area (TPSA) is 238 Å². The highest BCUT2D eigenvalue weighted by atomic mass is 32.2. The monoisotopic (exact) mass is 1080 g/mol. The van der Waals surface area contributed by atoms with E-state index < -0.39 is 153 Å². The van der Waals surface area contributed by atoms with E-state index in [-0.39, 0.29) is 5.56 Å². The maximum absolute atomic E-state index is 13.9. The van der Waals surface area contributed by atoms with Gasteiger partial charge in [0.25, 0.3) is 0 Å². The second-order valence-corrected chi connectivity index (χ2v) is 16.9. The molecule has 0 radical (unpaired) electrons. The van der Waals surface area contributed by atoms with Crippen LogP contribution in [0.3, 0.4) is 0 Å². The molecule has 2 aromatic carbocycles. The Hall–Kier alpha value is -5.44. The number of benzene rings is 2. The minimum atomic E-state index is -6.83. The zero-order chi connectivity index (χ0) is 54.8. The minimum absolute atomic E-state index is 0.198. The maximum atomic E-state index is 13.9. The van der Waals surface area contributed by atoms with E-state index in [1.54, 1.807) is 13.0 Å². The van der Waals surface area contributed by atoms with Crippen LogP contribution in [0, 0.1) is 6.92 Å². The fourth-order valence-corrected chi connectivity index (χ4v) is 5.42. The van der Waals surface area contributed by atoms with Crippen LogP contribution in [0.2, 0.25) is 0 Å². The fraction of sp³-hybridized carbons (Fsp3) is 0.474. The summed E-state index contributed by atoms with van der Waals surface area (Å²) >= 11 is 0. The minimum Gasteiger partial charge on any atom is -0.743 e. The SMILES string of the molecule is C=C(C)C(=O)OC(OCCCC(F)(F)C(F)(F)S(=O)(=O)[O-])(C(=O)OCc1ccccc1)C(F)(F)F.C=C(C)C(=O)OC(OCCCC(F)(F)C(F)(F)S(=O)(=O)[O-])(C(=O)Oc1ccc(C)cc1)C(F)(F)F. The Morgan fingerprint density at radius 2 is 0.929 bits per heavy atom. The van der Waals surface area contributed by atoms with Gasteiger partial charge in [-0.1, -0.05) is 61.2 Å². The first kappa shape index (κ1) is 62.6. The van der Waals surface area contributed by atoms with Crippen molar-refractivity contribution in [3.63, 3.8) is 0 Å². The number of aryl methyl sites for hydroxylation is 1. The highest BCUT2D eigenvalue weighted by Gasteiger charge is 2.70. The van der Waals surface area contributed by atoms with Crippen molar-refractivity contribution < 1.29 is 135 Å². The zero-order valence-electron chi connectivity index (χ0n) is 35.7. The summed E-state index contributed by atoms with van der Waals surface area (Å²) in [6.45, 7) is 5.52. The molecule has 0 bridgehead atoms. The summed E-state index contributed by atoms with van der Waals surface area (Å²) < 4.78 is 278. The molecule has 16 nitrogen and oxygen atoms in total. The predicted octanol–water partition coefficient (Wildman–Crippen LogP) is 7.53. The van der Waals surface area contributed by atoms with Crippen molar-refractivity contribution in [3.05, 3.63) is 90.0 Å². The van der Waals surface area contributed by atoms with Crippen molar-refractivity contribution in [2.24, 2.45) is 0 Å². The van der Waals surface area contributed by atoms with Gasteiger partial charge >= 0.3 is 70.2 Å². The highest BCUT2D eigenvalue weighted by molar-refractivity contribution is 7.87. The molecule has 0 aliphatic rings. The first-order valence-corrected chi connectivity index (χ1v) is 21.4. The summed E-state index contributed by atoms with van der Waals surface area (Å²) in [6.07, 6.45) is -18.9. The molecule has 0 heterocycles. The summed E-state index contributed by atoms with van der Waals surface area (Å²) in [5, 5.41) is -12.2.